The van der Waals surface area contributed by atoms with Crippen LogP contribution in [0.25, 0.3) is 0 Å². The van der Waals surface area contributed by atoms with Crippen molar-refractivity contribution in [3.8, 4) is 11.8 Å². The molecule has 0 unspecified atom stereocenters. The van der Waals surface area contributed by atoms with E-state index in [9.17, 15) is 0 Å². The van der Waals surface area contributed by atoms with Crippen LogP contribution < -0.4 is 10.1 Å². The molecule has 0 aliphatic heterocycles. The number of nitrogens with zero attached hydrogens (tertiary/aromatic N) is 1. The van der Waals surface area contributed by atoms with Crippen molar-refractivity contribution >= 4 is 0 Å². The Morgan fingerprint density at radius 1 is 1.29 bits per heavy atom. The van der Waals surface area contributed by atoms with E-state index in [0.29, 0.717) is 6.04 Å². The molecule has 0 spiro atoms. The van der Waals surface area contributed by atoms with Crippen LogP contribution >= 0.6 is 0 Å². The molecular weight excluding hydrogens is 212 g/mol. The zero-order chi connectivity index (χ0) is 11.9. The third-order valence-electron chi connectivity index (χ3n) is 2.85. The number of rotatable bonds is 5. The smallest absolute Gasteiger partial charge is 0.174 e. The molecule has 1 aliphatic carbocycles. The second kappa shape index (κ2) is 6.07. The van der Waals surface area contributed by atoms with Crippen molar-refractivity contribution in [2.75, 3.05) is 6.61 Å². The summed E-state index contributed by atoms with van der Waals surface area (Å²) in [5, 5.41) is 12.0. The Labute approximate surface area is 102 Å². The number of nitriles is 1. The van der Waals surface area contributed by atoms with E-state index in [1.54, 1.807) is 0 Å². The SMILES string of the molecule is N#CCOc1ccccc1CNC1CC=CC1. The van der Waals surface area contributed by atoms with Gasteiger partial charge in [0.2, 0.25) is 0 Å². The van der Waals surface area contributed by atoms with Gasteiger partial charge in [0, 0.05) is 18.2 Å². The molecule has 0 aromatic heterocycles. The van der Waals surface area contributed by atoms with Crippen molar-refractivity contribution in [1.82, 2.24) is 5.32 Å². The first kappa shape index (κ1) is 11.7. The van der Waals surface area contributed by atoms with E-state index in [2.05, 4.69) is 17.5 Å². The molecule has 0 fully saturated rings. The lowest BCUT2D eigenvalue weighted by Crippen LogP contribution is -2.25. The molecule has 0 saturated carbocycles. The molecule has 1 aliphatic rings. The normalized spacial score (nSPS) is 14.8. The molecule has 0 heterocycles. The quantitative estimate of drug-likeness (QED) is 0.787. The molecule has 0 bridgehead atoms. The minimum absolute atomic E-state index is 0.0992. The van der Waals surface area contributed by atoms with Gasteiger partial charge >= 0.3 is 0 Å². The van der Waals surface area contributed by atoms with Crippen LogP contribution in [-0.2, 0) is 6.54 Å². The Balaban J connectivity index is 1.92. The van der Waals surface area contributed by atoms with Crippen molar-refractivity contribution < 1.29 is 4.74 Å². The van der Waals surface area contributed by atoms with Gasteiger partial charge in [0.05, 0.1) is 0 Å². The Kier molecular flexibility index (Phi) is 4.17. The van der Waals surface area contributed by atoms with E-state index < -0.39 is 0 Å². The highest BCUT2D eigenvalue weighted by molar-refractivity contribution is 5.33. The predicted molar refractivity (Wildman–Crippen MR) is 66.6 cm³/mol. The lowest BCUT2D eigenvalue weighted by molar-refractivity contribution is 0.361. The van der Waals surface area contributed by atoms with Crippen molar-refractivity contribution in [1.29, 1.82) is 5.26 Å². The third-order valence-corrected chi connectivity index (χ3v) is 2.85. The van der Waals surface area contributed by atoms with E-state index in [0.717, 1.165) is 30.7 Å². The third kappa shape index (κ3) is 3.33. The maximum absolute atomic E-state index is 8.52. The van der Waals surface area contributed by atoms with Crippen molar-refractivity contribution in [3.63, 3.8) is 0 Å². The summed E-state index contributed by atoms with van der Waals surface area (Å²) in [6.45, 7) is 0.885. The zero-order valence-electron chi connectivity index (χ0n) is 9.73. The van der Waals surface area contributed by atoms with Crippen LogP contribution in [0.5, 0.6) is 5.75 Å². The fraction of sp³-hybridized carbons (Fsp3) is 0.357. The van der Waals surface area contributed by atoms with Gasteiger partial charge in [-0.05, 0) is 18.9 Å². The number of hydrogen-bond donors (Lipinski definition) is 1. The first-order chi connectivity index (χ1) is 8.40. The van der Waals surface area contributed by atoms with E-state index in [-0.39, 0.29) is 6.61 Å². The van der Waals surface area contributed by atoms with Gasteiger partial charge in [-0.3, -0.25) is 0 Å². The second-order valence-electron chi connectivity index (χ2n) is 4.08. The molecular formula is C14H16N2O. The highest BCUT2D eigenvalue weighted by Crippen LogP contribution is 2.18. The molecule has 0 radical (unpaired) electrons. The van der Waals surface area contributed by atoms with E-state index in [1.165, 1.54) is 0 Å². The Morgan fingerprint density at radius 3 is 2.82 bits per heavy atom. The van der Waals surface area contributed by atoms with Gasteiger partial charge in [0.25, 0.3) is 0 Å². The minimum atomic E-state index is 0.0992. The first-order valence-electron chi connectivity index (χ1n) is 5.86. The van der Waals surface area contributed by atoms with Crippen LogP contribution in [0.4, 0.5) is 0 Å². The van der Waals surface area contributed by atoms with Gasteiger partial charge in [0.1, 0.15) is 11.8 Å². The highest BCUT2D eigenvalue weighted by Gasteiger charge is 2.10. The predicted octanol–water partition coefficient (Wildman–Crippen LogP) is 2.40. The molecule has 0 amide bonds. The lowest BCUT2D eigenvalue weighted by atomic mass is 10.1. The standard InChI is InChI=1S/C14H16N2O/c15-9-10-17-14-8-4-1-5-12(14)11-16-13-6-2-3-7-13/h1-5,8,13,16H,6-7,10-11H2. The van der Waals surface area contributed by atoms with E-state index >= 15 is 0 Å². The van der Waals surface area contributed by atoms with Crippen LogP contribution in [-0.4, -0.2) is 12.6 Å². The lowest BCUT2D eigenvalue weighted by Gasteiger charge is -2.14. The minimum Gasteiger partial charge on any atom is -0.478 e. The molecule has 3 nitrogen and oxygen atoms in total. The maximum Gasteiger partial charge on any atom is 0.174 e. The summed E-state index contributed by atoms with van der Waals surface area (Å²) in [7, 11) is 0. The Morgan fingerprint density at radius 2 is 2.06 bits per heavy atom. The summed E-state index contributed by atoms with van der Waals surface area (Å²) < 4.78 is 5.38. The molecule has 1 aromatic carbocycles. The van der Waals surface area contributed by atoms with Gasteiger partial charge in [0.15, 0.2) is 6.61 Å². The van der Waals surface area contributed by atoms with Crippen molar-refractivity contribution in [2.24, 2.45) is 0 Å². The summed E-state index contributed by atoms with van der Waals surface area (Å²) in [6.07, 6.45) is 6.61. The zero-order valence-corrected chi connectivity index (χ0v) is 9.73. The maximum atomic E-state index is 8.52. The van der Waals surface area contributed by atoms with Crippen molar-refractivity contribution in [3.05, 3.63) is 42.0 Å². The molecule has 2 rings (SSSR count). The molecule has 3 heteroatoms. The molecule has 0 saturated heterocycles. The van der Waals surface area contributed by atoms with Gasteiger partial charge in [-0.2, -0.15) is 5.26 Å². The molecule has 1 aromatic rings. The molecule has 1 N–H and O–H groups in total. The van der Waals surface area contributed by atoms with Crippen LogP contribution in [0, 0.1) is 11.3 Å². The monoisotopic (exact) mass is 228 g/mol. The average Bonchev–Trinajstić information content (AvgIpc) is 2.88. The summed E-state index contributed by atoms with van der Waals surface area (Å²) in [4.78, 5) is 0. The summed E-state index contributed by atoms with van der Waals surface area (Å²) >= 11 is 0. The highest BCUT2D eigenvalue weighted by atomic mass is 16.5. The van der Waals surface area contributed by atoms with Crippen molar-refractivity contribution in [2.45, 2.75) is 25.4 Å². The number of hydrogen-bond acceptors (Lipinski definition) is 3. The summed E-state index contributed by atoms with van der Waals surface area (Å²) in [5.74, 6) is 0.799. The van der Waals surface area contributed by atoms with Crippen LogP contribution in [0.2, 0.25) is 0 Å². The number of nitrogens with one attached hydrogen (secondary N) is 1. The Bertz CT molecular complexity index is 426. The molecule has 0 atom stereocenters. The van der Waals surface area contributed by atoms with Crippen LogP contribution in [0.15, 0.2) is 36.4 Å². The van der Waals surface area contributed by atoms with Crippen LogP contribution in [0.3, 0.4) is 0 Å². The van der Waals surface area contributed by atoms with Gasteiger partial charge in [-0.15, -0.1) is 0 Å². The molecule has 88 valence electrons. The van der Waals surface area contributed by atoms with E-state index in [1.807, 2.05) is 30.3 Å². The van der Waals surface area contributed by atoms with Crippen LogP contribution in [0.1, 0.15) is 18.4 Å². The van der Waals surface area contributed by atoms with Gasteiger partial charge in [-0.25, -0.2) is 0 Å². The Hall–Kier alpha value is -1.79. The van der Waals surface area contributed by atoms with Gasteiger partial charge in [-0.1, -0.05) is 30.4 Å². The topological polar surface area (TPSA) is 45.0 Å². The second-order valence-corrected chi connectivity index (χ2v) is 4.08. The summed E-state index contributed by atoms with van der Waals surface area (Å²) in [6, 6.07) is 10.4. The fourth-order valence-corrected chi connectivity index (χ4v) is 1.94. The average molecular weight is 228 g/mol. The number of ether oxygens (including phenoxy) is 1. The van der Waals surface area contributed by atoms with E-state index in [4.69, 9.17) is 10.00 Å². The summed E-state index contributed by atoms with van der Waals surface area (Å²) in [5.41, 5.74) is 1.11. The number of para-hydroxylation sites is 1. The molecule has 17 heavy (non-hydrogen) atoms. The fourth-order valence-electron chi connectivity index (χ4n) is 1.94. The largest absolute Gasteiger partial charge is 0.478 e. The first-order valence-corrected chi connectivity index (χ1v) is 5.86. The number of benzene rings is 1. The van der Waals surface area contributed by atoms with Gasteiger partial charge < -0.3 is 10.1 Å².